The molecule has 0 radical (unpaired) electrons. The van der Waals surface area contributed by atoms with Gasteiger partial charge in [-0.1, -0.05) is 53.6 Å². The Balaban J connectivity index is 1.54. The van der Waals surface area contributed by atoms with Crippen LogP contribution in [0.1, 0.15) is 42.9 Å². The van der Waals surface area contributed by atoms with E-state index in [-0.39, 0.29) is 22.9 Å². The first-order valence-electron chi connectivity index (χ1n) is 12.5. The van der Waals surface area contributed by atoms with E-state index in [1.54, 1.807) is 7.11 Å². The number of benzene rings is 2. The van der Waals surface area contributed by atoms with Crippen LogP contribution < -0.4 is 4.74 Å². The zero-order valence-corrected chi connectivity index (χ0v) is 20.3. The first kappa shape index (κ1) is 21.7. The van der Waals surface area contributed by atoms with Crippen molar-refractivity contribution in [2.45, 2.75) is 50.5 Å². The summed E-state index contributed by atoms with van der Waals surface area (Å²) in [5, 5.41) is 11.5. The maximum absolute atomic E-state index is 13.7. The topological polar surface area (TPSA) is 49.8 Å². The van der Waals surface area contributed by atoms with Gasteiger partial charge in [0, 0.05) is 22.4 Å². The lowest BCUT2D eigenvalue weighted by atomic mass is 9.46. The lowest BCUT2D eigenvalue weighted by Gasteiger charge is -2.62. The van der Waals surface area contributed by atoms with E-state index >= 15 is 0 Å². The second-order valence-corrected chi connectivity index (χ2v) is 10.7. The summed E-state index contributed by atoms with van der Waals surface area (Å²) in [7, 11) is 3.83. The molecule has 3 aliphatic carbocycles. The lowest BCUT2D eigenvalue weighted by molar-refractivity contribution is -0.123. The number of carbonyl (C=O) groups excluding carboxylic acids is 1. The Hall–Kier alpha value is -2.85. The van der Waals surface area contributed by atoms with Gasteiger partial charge in [-0.05, 0) is 75.9 Å². The highest BCUT2D eigenvalue weighted by atomic mass is 16.5. The summed E-state index contributed by atoms with van der Waals surface area (Å²) in [5.41, 5.74) is 5.52. The molecule has 2 aromatic carbocycles. The van der Waals surface area contributed by atoms with Gasteiger partial charge in [0.1, 0.15) is 0 Å². The average molecular weight is 456 g/mol. The van der Waals surface area contributed by atoms with Crippen molar-refractivity contribution in [3.05, 3.63) is 82.5 Å². The number of hydrogen-bond donors (Lipinski definition) is 1. The normalized spacial score (nSPS) is 32.9. The number of aromatic hydroxyl groups is 1. The summed E-state index contributed by atoms with van der Waals surface area (Å²) >= 11 is 0. The number of allylic oxidation sites excluding steroid dienone is 3. The second-order valence-electron chi connectivity index (χ2n) is 10.7. The molecule has 0 aromatic heterocycles. The number of ether oxygens (including phenoxy) is 1. The molecular formula is C30H33NO3. The fourth-order valence-electron chi connectivity index (χ4n) is 7.92. The number of ketones is 1. The number of aryl methyl sites for hydroxylation is 1. The third kappa shape index (κ3) is 2.66. The highest BCUT2D eigenvalue weighted by Crippen LogP contribution is 2.72. The molecule has 0 unspecified atom stereocenters. The van der Waals surface area contributed by atoms with E-state index in [1.807, 2.05) is 12.1 Å². The highest BCUT2D eigenvalue weighted by molar-refractivity contribution is 5.99. The van der Waals surface area contributed by atoms with Crippen LogP contribution >= 0.6 is 0 Å². The summed E-state index contributed by atoms with van der Waals surface area (Å²) in [4.78, 5) is 16.2. The Labute approximate surface area is 201 Å². The zero-order chi connectivity index (χ0) is 23.7. The number of carbonyl (C=O) groups is 1. The van der Waals surface area contributed by atoms with E-state index in [4.69, 9.17) is 4.74 Å². The molecule has 0 spiro atoms. The summed E-state index contributed by atoms with van der Waals surface area (Å²) in [6.07, 6.45) is 8.65. The van der Waals surface area contributed by atoms with Crippen LogP contribution in [0.15, 0.2) is 65.8 Å². The molecule has 4 aliphatic rings. The monoisotopic (exact) mass is 455 g/mol. The van der Waals surface area contributed by atoms with Crippen molar-refractivity contribution in [2.75, 3.05) is 20.7 Å². The third-order valence-electron chi connectivity index (χ3n) is 9.46. The van der Waals surface area contributed by atoms with Crippen molar-refractivity contribution in [1.29, 1.82) is 0 Å². The number of likely N-dealkylation sites (N-methyl/N-ethyl adjacent to an activating group) is 1. The van der Waals surface area contributed by atoms with Crippen LogP contribution in [-0.2, 0) is 23.1 Å². The Bertz CT molecular complexity index is 1230. The number of piperidine rings is 1. The van der Waals surface area contributed by atoms with E-state index < -0.39 is 5.41 Å². The molecule has 0 amide bonds. The molecule has 34 heavy (non-hydrogen) atoms. The number of fused-ring (bicyclic) bond motifs is 1. The van der Waals surface area contributed by atoms with Crippen LogP contribution in [-0.4, -0.2) is 42.5 Å². The number of nitrogens with zero attached hydrogens (tertiary/aromatic N) is 1. The first-order valence-corrected chi connectivity index (χ1v) is 12.5. The van der Waals surface area contributed by atoms with E-state index in [0.717, 1.165) is 44.2 Å². The summed E-state index contributed by atoms with van der Waals surface area (Å²) in [6.45, 7) is 3.15. The molecule has 1 aliphatic heterocycles. The van der Waals surface area contributed by atoms with Crippen molar-refractivity contribution in [2.24, 2.45) is 11.3 Å². The van der Waals surface area contributed by atoms with Gasteiger partial charge in [-0.25, -0.2) is 0 Å². The zero-order valence-electron chi connectivity index (χ0n) is 20.3. The number of phenolic OH excluding ortho intramolecular Hbond substituents is 1. The predicted octanol–water partition coefficient (Wildman–Crippen LogP) is 4.99. The summed E-state index contributed by atoms with van der Waals surface area (Å²) in [6, 6.07) is 14.9. The Morgan fingerprint density at radius 3 is 2.76 bits per heavy atom. The molecule has 2 fully saturated rings. The molecular weight excluding hydrogens is 422 g/mol. The van der Waals surface area contributed by atoms with Crippen molar-refractivity contribution in [1.82, 2.24) is 4.90 Å². The van der Waals surface area contributed by atoms with Crippen LogP contribution in [0.2, 0.25) is 0 Å². The van der Waals surface area contributed by atoms with Gasteiger partial charge in [-0.2, -0.15) is 0 Å². The van der Waals surface area contributed by atoms with E-state index in [9.17, 15) is 9.90 Å². The van der Waals surface area contributed by atoms with Gasteiger partial charge in [0.25, 0.3) is 0 Å². The fourth-order valence-corrected chi connectivity index (χ4v) is 7.92. The maximum Gasteiger partial charge on any atom is 0.163 e. The smallest absolute Gasteiger partial charge is 0.163 e. The molecule has 1 heterocycles. The highest BCUT2D eigenvalue weighted by Gasteiger charge is 2.72. The number of likely N-dealkylation sites (tertiary alicyclic amines) is 1. The van der Waals surface area contributed by atoms with E-state index in [0.29, 0.717) is 11.8 Å². The van der Waals surface area contributed by atoms with E-state index in [1.165, 1.54) is 22.3 Å². The third-order valence-corrected chi connectivity index (χ3v) is 9.46. The van der Waals surface area contributed by atoms with Gasteiger partial charge in [0.2, 0.25) is 0 Å². The molecule has 6 rings (SSSR count). The average Bonchev–Trinajstić information content (AvgIpc) is 3.08. The van der Waals surface area contributed by atoms with Crippen LogP contribution in [0.25, 0.3) is 0 Å². The SMILES string of the molecule is COc1ccc2c(c1O)[C@]13CCN(C)[C@H](C2)[C@]12C=CC(=O)[C@@H]3/C(=C(/C)CCc1ccccc1)C2. The van der Waals surface area contributed by atoms with Crippen molar-refractivity contribution in [3.63, 3.8) is 0 Å². The molecule has 4 bridgehead atoms. The van der Waals surface area contributed by atoms with Gasteiger partial charge in [-0.3, -0.25) is 4.79 Å². The van der Waals surface area contributed by atoms with Crippen LogP contribution in [0.3, 0.4) is 0 Å². The molecule has 4 nitrogen and oxygen atoms in total. The van der Waals surface area contributed by atoms with Crippen molar-refractivity contribution in [3.8, 4) is 11.5 Å². The summed E-state index contributed by atoms with van der Waals surface area (Å²) in [5.74, 6) is 0.735. The molecule has 1 saturated carbocycles. The van der Waals surface area contributed by atoms with E-state index in [2.05, 4.69) is 61.3 Å². The van der Waals surface area contributed by atoms with Gasteiger partial charge >= 0.3 is 0 Å². The Morgan fingerprint density at radius 1 is 1.21 bits per heavy atom. The second kappa shape index (κ2) is 7.58. The lowest BCUT2D eigenvalue weighted by Crippen LogP contribution is -2.66. The number of phenols is 1. The number of methoxy groups -OCH3 is 1. The minimum absolute atomic E-state index is 0.182. The largest absolute Gasteiger partial charge is 0.504 e. The minimum Gasteiger partial charge on any atom is -0.504 e. The van der Waals surface area contributed by atoms with Crippen LogP contribution in [0.4, 0.5) is 0 Å². The van der Waals surface area contributed by atoms with Crippen molar-refractivity contribution >= 4 is 5.78 Å². The molecule has 2 aromatic rings. The van der Waals surface area contributed by atoms with Gasteiger partial charge < -0.3 is 14.7 Å². The first-order chi connectivity index (χ1) is 16.4. The van der Waals surface area contributed by atoms with Gasteiger partial charge in [-0.15, -0.1) is 0 Å². The number of hydrogen-bond acceptors (Lipinski definition) is 4. The summed E-state index contributed by atoms with van der Waals surface area (Å²) < 4.78 is 5.55. The van der Waals surface area contributed by atoms with Gasteiger partial charge in [0.15, 0.2) is 17.3 Å². The quantitative estimate of drug-likeness (QED) is 0.660. The predicted molar refractivity (Wildman–Crippen MR) is 133 cm³/mol. The van der Waals surface area contributed by atoms with Crippen molar-refractivity contribution < 1.29 is 14.6 Å². The molecule has 176 valence electrons. The Kier molecular flexibility index (Phi) is 4.83. The van der Waals surface area contributed by atoms with Crippen LogP contribution in [0.5, 0.6) is 11.5 Å². The molecule has 1 saturated heterocycles. The Morgan fingerprint density at radius 2 is 2.00 bits per heavy atom. The maximum atomic E-state index is 13.7. The molecule has 4 atom stereocenters. The molecule has 4 heteroatoms. The minimum atomic E-state index is -0.411. The molecule has 1 N–H and O–H groups in total. The number of rotatable bonds is 4. The fraction of sp³-hybridized carbons (Fsp3) is 0.433. The standard InChI is InChI=1S/C30H33NO3/c1-19(9-10-20-7-5-4-6-8-20)22-18-29-14-13-23(32)27(22)30(29)15-16-31(2)25(29)17-21-11-12-24(34-3)28(33)26(21)30/h4-8,11-14,25,27,33H,9-10,15-18H2,1-3H3/b22-19-/t25-,27+,29-,30+/m1/s1. The van der Waals surface area contributed by atoms with Gasteiger partial charge in [0.05, 0.1) is 13.0 Å². The van der Waals surface area contributed by atoms with Crippen LogP contribution in [0, 0.1) is 11.3 Å².